The molecule has 5 heteroatoms. The van der Waals surface area contributed by atoms with Crippen LogP contribution in [-0.4, -0.2) is 39.8 Å². The van der Waals surface area contributed by atoms with Gasteiger partial charge < -0.3 is 9.84 Å². The molecule has 1 N–H and O–H groups in total. The third-order valence-corrected chi connectivity index (χ3v) is 4.08. The highest BCUT2D eigenvalue weighted by atomic mass is 16.6. The second-order valence-corrected chi connectivity index (χ2v) is 7.24. The molecular weight excluding hydrogens is 294 g/mol. The van der Waals surface area contributed by atoms with Crippen LogP contribution in [0.5, 0.6) is 0 Å². The first kappa shape index (κ1) is 17.3. The van der Waals surface area contributed by atoms with Crippen LogP contribution in [0, 0.1) is 6.92 Å². The normalized spacial score (nSPS) is 21.3. The molecule has 0 radical (unpaired) electrons. The molecule has 23 heavy (non-hydrogen) atoms. The SMILES string of the molecule is Cc1cccc(C[C@]2(C(=O)O)CCCN2C(=O)OC(C)(C)C)c1. The summed E-state index contributed by atoms with van der Waals surface area (Å²) in [6, 6.07) is 7.75. The minimum absolute atomic E-state index is 0.295. The van der Waals surface area contributed by atoms with E-state index in [1.54, 1.807) is 20.8 Å². The van der Waals surface area contributed by atoms with Gasteiger partial charge >= 0.3 is 12.1 Å². The van der Waals surface area contributed by atoms with Gasteiger partial charge in [0.2, 0.25) is 0 Å². The summed E-state index contributed by atoms with van der Waals surface area (Å²) in [5.74, 6) is -0.970. The zero-order valence-electron chi connectivity index (χ0n) is 14.3. The maximum absolute atomic E-state index is 12.5. The summed E-state index contributed by atoms with van der Waals surface area (Å²) < 4.78 is 5.41. The predicted octanol–water partition coefficient (Wildman–Crippen LogP) is 3.39. The Kier molecular flexibility index (Phi) is 4.68. The fourth-order valence-corrected chi connectivity index (χ4v) is 3.10. The molecular formula is C18H25NO4. The van der Waals surface area contributed by atoms with Crippen molar-refractivity contribution in [2.75, 3.05) is 6.54 Å². The Morgan fingerprint density at radius 1 is 1.35 bits per heavy atom. The van der Waals surface area contributed by atoms with Crippen molar-refractivity contribution in [3.8, 4) is 0 Å². The van der Waals surface area contributed by atoms with Crippen molar-refractivity contribution in [1.29, 1.82) is 0 Å². The molecule has 1 aliphatic heterocycles. The molecule has 1 aliphatic rings. The van der Waals surface area contributed by atoms with Gasteiger partial charge in [-0.3, -0.25) is 4.90 Å². The zero-order valence-corrected chi connectivity index (χ0v) is 14.3. The maximum Gasteiger partial charge on any atom is 0.411 e. The summed E-state index contributed by atoms with van der Waals surface area (Å²) in [5, 5.41) is 9.86. The molecule has 0 aliphatic carbocycles. The Bertz CT molecular complexity index is 605. The van der Waals surface area contributed by atoms with Crippen LogP contribution in [0.4, 0.5) is 4.79 Å². The van der Waals surface area contributed by atoms with E-state index in [1.807, 2.05) is 31.2 Å². The van der Waals surface area contributed by atoms with E-state index in [0.717, 1.165) is 11.1 Å². The van der Waals surface area contributed by atoms with E-state index in [9.17, 15) is 14.7 Å². The number of amides is 1. The molecule has 0 unspecified atom stereocenters. The van der Waals surface area contributed by atoms with E-state index in [1.165, 1.54) is 4.90 Å². The molecule has 1 heterocycles. The summed E-state index contributed by atoms with van der Waals surface area (Å²) >= 11 is 0. The van der Waals surface area contributed by atoms with E-state index in [0.29, 0.717) is 25.8 Å². The van der Waals surface area contributed by atoms with E-state index in [4.69, 9.17) is 4.74 Å². The molecule has 1 aromatic rings. The van der Waals surface area contributed by atoms with E-state index < -0.39 is 23.2 Å². The fourth-order valence-electron chi connectivity index (χ4n) is 3.10. The standard InChI is InChI=1S/C18H25NO4/c1-13-7-5-8-14(11-13)12-18(15(20)21)9-6-10-19(18)16(22)23-17(2,3)4/h5,7-8,11H,6,9-10,12H2,1-4H3,(H,20,21)/t18-/m0/s1. The molecule has 2 rings (SSSR count). The van der Waals surface area contributed by atoms with Gasteiger partial charge in [0, 0.05) is 13.0 Å². The highest BCUT2D eigenvalue weighted by molar-refractivity contribution is 5.85. The Hall–Kier alpha value is -2.04. The lowest BCUT2D eigenvalue weighted by Crippen LogP contribution is -2.55. The maximum atomic E-state index is 12.5. The molecule has 0 bridgehead atoms. The number of carboxylic acids is 1. The fraction of sp³-hybridized carbons (Fsp3) is 0.556. The lowest BCUT2D eigenvalue weighted by molar-refractivity contribution is -0.149. The summed E-state index contributed by atoms with van der Waals surface area (Å²) in [5.41, 5.74) is 0.122. The highest BCUT2D eigenvalue weighted by Gasteiger charge is 2.51. The Labute approximate surface area is 137 Å². The smallest absolute Gasteiger partial charge is 0.411 e. The topological polar surface area (TPSA) is 66.8 Å². The van der Waals surface area contributed by atoms with E-state index in [2.05, 4.69) is 0 Å². The number of carboxylic acid groups (broad SMARTS) is 1. The number of carbonyl (C=O) groups is 2. The molecule has 126 valence electrons. The molecule has 1 aromatic carbocycles. The Balaban J connectivity index is 2.31. The van der Waals surface area contributed by atoms with E-state index >= 15 is 0 Å². The van der Waals surface area contributed by atoms with Crippen LogP contribution in [-0.2, 0) is 16.0 Å². The van der Waals surface area contributed by atoms with Crippen LogP contribution < -0.4 is 0 Å². The van der Waals surface area contributed by atoms with Gasteiger partial charge in [0.05, 0.1) is 0 Å². The van der Waals surface area contributed by atoms with Crippen molar-refractivity contribution in [2.24, 2.45) is 0 Å². The third kappa shape index (κ3) is 3.84. The molecule has 1 atom stereocenters. The first-order chi connectivity index (χ1) is 10.6. The number of aryl methyl sites for hydroxylation is 1. The lowest BCUT2D eigenvalue weighted by atomic mass is 9.88. The summed E-state index contributed by atoms with van der Waals surface area (Å²) in [7, 11) is 0. The van der Waals surface area contributed by atoms with Gasteiger partial charge in [-0.05, 0) is 46.1 Å². The quantitative estimate of drug-likeness (QED) is 0.927. The number of carbonyl (C=O) groups excluding carboxylic acids is 1. The van der Waals surface area contributed by atoms with Crippen LogP contribution >= 0.6 is 0 Å². The zero-order chi connectivity index (χ0) is 17.3. The second-order valence-electron chi connectivity index (χ2n) is 7.24. The summed E-state index contributed by atoms with van der Waals surface area (Å²) in [6.07, 6.45) is 0.848. The summed E-state index contributed by atoms with van der Waals surface area (Å²) in [4.78, 5) is 25.9. The number of ether oxygens (including phenoxy) is 1. The summed E-state index contributed by atoms with van der Waals surface area (Å²) in [6.45, 7) is 7.72. The van der Waals surface area contributed by atoms with Crippen molar-refractivity contribution in [3.05, 3.63) is 35.4 Å². The monoisotopic (exact) mass is 319 g/mol. The number of nitrogens with zero attached hydrogens (tertiary/aromatic N) is 1. The first-order valence-electron chi connectivity index (χ1n) is 7.94. The van der Waals surface area contributed by atoms with Crippen molar-refractivity contribution in [1.82, 2.24) is 4.90 Å². The Morgan fingerprint density at radius 2 is 2.04 bits per heavy atom. The minimum atomic E-state index is -1.23. The molecule has 5 nitrogen and oxygen atoms in total. The van der Waals surface area contributed by atoms with Crippen LogP contribution in [0.2, 0.25) is 0 Å². The second kappa shape index (κ2) is 6.22. The molecule has 1 fully saturated rings. The van der Waals surface area contributed by atoms with Gasteiger partial charge in [0.25, 0.3) is 0 Å². The first-order valence-corrected chi connectivity index (χ1v) is 7.94. The van der Waals surface area contributed by atoms with Crippen LogP contribution in [0.15, 0.2) is 24.3 Å². The van der Waals surface area contributed by atoms with Crippen molar-refractivity contribution in [3.63, 3.8) is 0 Å². The lowest BCUT2D eigenvalue weighted by Gasteiger charge is -2.36. The average Bonchev–Trinajstić information content (AvgIpc) is 2.82. The van der Waals surface area contributed by atoms with Crippen LogP contribution in [0.25, 0.3) is 0 Å². The number of aliphatic carboxylic acids is 1. The van der Waals surface area contributed by atoms with Gasteiger partial charge in [0.15, 0.2) is 0 Å². The number of hydrogen-bond donors (Lipinski definition) is 1. The van der Waals surface area contributed by atoms with Gasteiger partial charge in [-0.25, -0.2) is 9.59 Å². The predicted molar refractivity (Wildman–Crippen MR) is 87.4 cm³/mol. The van der Waals surface area contributed by atoms with Gasteiger partial charge in [-0.1, -0.05) is 29.8 Å². The third-order valence-electron chi connectivity index (χ3n) is 4.08. The molecule has 0 aromatic heterocycles. The number of rotatable bonds is 3. The number of benzene rings is 1. The van der Waals surface area contributed by atoms with Gasteiger partial charge in [-0.2, -0.15) is 0 Å². The van der Waals surface area contributed by atoms with Gasteiger partial charge in [-0.15, -0.1) is 0 Å². The molecule has 0 spiro atoms. The number of likely N-dealkylation sites (tertiary alicyclic amines) is 1. The van der Waals surface area contributed by atoms with Crippen molar-refractivity contribution < 1.29 is 19.4 Å². The molecule has 0 saturated carbocycles. The van der Waals surface area contributed by atoms with Gasteiger partial charge in [0.1, 0.15) is 11.1 Å². The minimum Gasteiger partial charge on any atom is -0.479 e. The molecule has 1 amide bonds. The largest absolute Gasteiger partial charge is 0.479 e. The number of hydrogen-bond acceptors (Lipinski definition) is 3. The van der Waals surface area contributed by atoms with Crippen molar-refractivity contribution in [2.45, 2.75) is 58.1 Å². The van der Waals surface area contributed by atoms with Crippen LogP contribution in [0.1, 0.15) is 44.7 Å². The highest BCUT2D eigenvalue weighted by Crippen LogP contribution is 2.34. The van der Waals surface area contributed by atoms with E-state index in [-0.39, 0.29) is 0 Å². The average molecular weight is 319 g/mol. The Morgan fingerprint density at radius 3 is 2.61 bits per heavy atom. The molecule has 1 saturated heterocycles. The van der Waals surface area contributed by atoms with Crippen LogP contribution in [0.3, 0.4) is 0 Å². The van der Waals surface area contributed by atoms with Crippen molar-refractivity contribution >= 4 is 12.1 Å².